The number of nitrogens with two attached hydrogens (primary N) is 1. The first-order chi connectivity index (χ1) is 7.15. The standard InChI is InChI=1S/C12H12N2O/c1-8-2-4-10-6-9(7-12(13)15)3-5-11(10)14-8/h2-6H,7H2,1H3,(H2,13,15). The average Bonchev–Trinajstić information content (AvgIpc) is 2.17. The fourth-order valence-electron chi connectivity index (χ4n) is 1.59. The van der Waals surface area contributed by atoms with E-state index in [-0.39, 0.29) is 12.3 Å². The molecule has 1 heterocycles. The van der Waals surface area contributed by atoms with Gasteiger partial charge in [-0.25, -0.2) is 0 Å². The molecule has 0 aliphatic heterocycles. The molecule has 0 fully saturated rings. The third kappa shape index (κ3) is 2.13. The number of rotatable bonds is 2. The number of carbonyl (C=O) groups is 1. The van der Waals surface area contributed by atoms with E-state index in [9.17, 15) is 4.79 Å². The largest absolute Gasteiger partial charge is 0.369 e. The zero-order valence-corrected chi connectivity index (χ0v) is 8.53. The number of hydrogen-bond donors (Lipinski definition) is 1. The topological polar surface area (TPSA) is 56.0 Å². The molecule has 2 rings (SSSR count). The Balaban J connectivity index is 2.47. The molecule has 0 bridgehead atoms. The molecule has 3 nitrogen and oxygen atoms in total. The predicted octanol–water partition coefficient (Wildman–Crippen LogP) is 1.57. The van der Waals surface area contributed by atoms with Crippen molar-refractivity contribution in [3.05, 3.63) is 41.6 Å². The number of amides is 1. The molecule has 0 aliphatic carbocycles. The molecular weight excluding hydrogens is 188 g/mol. The van der Waals surface area contributed by atoms with Crippen molar-refractivity contribution in [2.45, 2.75) is 13.3 Å². The first-order valence-electron chi connectivity index (χ1n) is 4.80. The van der Waals surface area contributed by atoms with Crippen molar-refractivity contribution in [2.24, 2.45) is 5.73 Å². The lowest BCUT2D eigenvalue weighted by Crippen LogP contribution is -2.13. The van der Waals surface area contributed by atoms with Gasteiger partial charge in [-0.15, -0.1) is 0 Å². The van der Waals surface area contributed by atoms with Gasteiger partial charge in [0.25, 0.3) is 0 Å². The second-order valence-electron chi connectivity index (χ2n) is 3.62. The summed E-state index contributed by atoms with van der Waals surface area (Å²) in [6.45, 7) is 1.96. The highest BCUT2D eigenvalue weighted by atomic mass is 16.1. The van der Waals surface area contributed by atoms with Crippen molar-refractivity contribution in [3.8, 4) is 0 Å². The van der Waals surface area contributed by atoms with Gasteiger partial charge in [0, 0.05) is 11.1 Å². The van der Waals surface area contributed by atoms with Gasteiger partial charge in [-0.05, 0) is 30.7 Å². The number of nitrogens with zero attached hydrogens (tertiary/aromatic N) is 1. The number of aryl methyl sites for hydroxylation is 1. The molecule has 1 aromatic carbocycles. The Hall–Kier alpha value is -1.90. The monoisotopic (exact) mass is 200 g/mol. The van der Waals surface area contributed by atoms with Crippen LogP contribution in [0.5, 0.6) is 0 Å². The highest BCUT2D eigenvalue weighted by Gasteiger charge is 2.00. The summed E-state index contributed by atoms with van der Waals surface area (Å²) in [5.74, 6) is -0.311. The van der Waals surface area contributed by atoms with Crippen molar-refractivity contribution in [1.82, 2.24) is 4.98 Å². The van der Waals surface area contributed by atoms with Crippen LogP contribution >= 0.6 is 0 Å². The summed E-state index contributed by atoms with van der Waals surface area (Å²) in [7, 11) is 0. The minimum Gasteiger partial charge on any atom is -0.369 e. The smallest absolute Gasteiger partial charge is 0.221 e. The van der Waals surface area contributed by atoms with Crippen LogP contribution < -0.4 is 5.73 Å². The van der Waals surface area contributed by atoms with E-state index in [4.69, 9.17) is 5.73 Å². The third-order valence-electron chi connectivity index (χ3n) is 2.27. The Labute approximate surface area is 87.9 Å². The van der Waals surface area contributed by atoms with Crippen molar-refractivity contribution >= 4 is 16.8 Å². The SMILES string of the molecule is Cc1ccc2cc(CC(N)=O)ccc2n1. The molecule has 2 aromatic rings. The molecule has 0 radical (unpaired) electrons. The Morgan fingerprint density at radius 1 is 1.33 bits per heavy atom. The van der Waals surface area contributed by atoms with Crippen molar-refractivity contribution in [2.75, 3.05) is 0 Å². The lowest BCUT2D eigenvalue weighted by atomic mass is 10.1. The molecule has 0 saturated heterocycles. The van der Waals surface area contributed by atoms with E-state index in [0.717, 1.165) is 22.2 Å². The lowest BCUT2D eigenvalue weighted by Gasteiger charge is -2.01. The summed E-state index contributed by atoms with van der Waals surface area (Å²) in [6.07, 6.45) is 0.282. The van der Waals surface area contributed by atoms with E-state index in [1.54, 1.807) is 0 Å². The normalized spacial score (nSPS) is 10.5. The third-order valence-corrected chi connectivity index (χ3v) is 2.27. The predicted molar refractivity (Wildman–Crippen MR) is 59.4 cm³/mol. The maximum atomic E-state index is 10.8. The van der Waals surface area contributed by atoms with E-state index in [1.165, 1.54) is 0 Å². The quantitative estimate of drug-likeness (QED) is 0.800. The van der Waals surface area contributed by atoms with E-state index >= 15 is 0 Å². The van der Waals surface area contributed by atoms with E-state index in [0.29, 0.717) is 0 Å². The summed E-state index contributed by atoms with van der Waals surface area (Å²) in [6, 6.07) is 9.71. The molecule has 1 amide bonds. The molecule has 0 saturated carbocycles. The number of benzene rings is 1. The van der Waals surface area contributed by atoms with Crippen molar-refractivity contribution < 1.29 is 4.79 Å². The second-order valence-corrected chi connectivity index (χ2v) is 3.62. The number of primary amides is 1. The fourth-order valence-corrected chi connectivity index (χ4v) is 1.59. The molecule has 3 heteroatoms. The van der Waals surface area contributed by atoms with Crippen LogP contribution in [-0.2, 0) is 11.2 Å². The molecule has 76 valence electrons. The van der Waals surface area contributed by atoms with Crippen LogP contribution in [0.15, 0.2) is 30.3 Å². The van der Waals surface area contributed by atoms with Gasteiger partial charge in [0.05, 0.1) is 11.9 Å². The molecule has 0 unspecified atom stereocenters. The Bertz CT molecular complexity index is 520. The van der Waals surface area contributed by atoms with Gasteiger partial charge in [0.15, 0.2) is 0 Å². The van der Waals surface area contributed by atoms with Crippen molar-refractivity contribution in [3.63, 3.8) is 0 Å². The van der Waals surface area contributed by atoms with E-state index in [1.807, 2.05) is 37.3 Å². The summed E-state index contributed by atoms with van der Waals surface area (Å²) in [4.78, 5) is 15.1. The molecular formula is C12H12N2O. The first-order valence-corrected chi connectivity index (χ1v) is 4.80. The molecule has 15 heavy (non-hydrogen) atoms. The van der Waals surface area contributed by atoms with Gasteiger partial charge in [0.1, 0.15) is 0 Å². The van der Waals surface area contributed by atoms with E-state index < -0.39 is 0 Å². The maximum absolute atomic E-state index is 10.8. The Morgan fingerprint density at radius 2 is 2.13 bits per heavy atom. The Morgan fingerprint density at radius 3 is 2.87 bits per heavy atom. The minimum atomic E-state index is -0.311. The molecule has 0 aliphatic rings. The zero-order valence-electron chi connectivity index (χ0n) is 8.53. The summed E-state index contributed by atoms with van der Waals surface area (Å²) in [5, 5.41) is 1.04. The molecule has 2 N–H and O–H groups in total. The van der Waals surface area contributed by atoms with Crippen LogP contribution in [-0.4, -0.2) is 10.9 Å². The number of aromatic nitrogens is 1. The van der Waals surface area contributed by atoms with Crippen LogP contribution in [0, 0.1) is 6.92 Å². The zero-order chi connectivity index (χ0) is 10.8. The number of pyridine rings is 1. The minimum absolute atomic E-state index is 0.282. The average molecular weight is 200 g/mol. The van der Waals surface area contributed by atoms with Gasteiger partial charge in [-0.2, -0.15) is 0 Å². The van der Waals surface area contributed by atoms with Crippen LogP contribution in [0.2, 0.25) is 0 Å². The molecule has 0 spiro atoms. The van der Waals surface area contributed by atoms with Gasteiger partial charge < -0.3 is 5.73 Å². The van der Waals surface area contributed by atoms with Gasteiger partial charge in [-0.1, -0.05) is 12.1 Å². The van der Waals surface area contributed by atoms with Gasteiger partial charge in [-0.3, -0.25) is 9.78 Å². The van der Waals surface area contributed by atoms with Crippen LogP contribution in [0.3, 0.4) is 0 Å². The second kappa shape index (κ2) is 3.69. The van der Waals surface area contributed by atoms with E-state index in [2.05, 4.69) is 4.98 Å². The first kappa shape index (κ1) is 9.65. The lowest BCUT2D eigenvalue weighted by molar-refractivity contribution is -0.117. The van der Waals surface area contributed by atoms with Crippen LogP contribution in [0.25, 0.3) is 10.9 Å². The number of hydrogen-bond acceptors (Lipinski definition) is 2. The molecule has 0 atom stereocenters. The van der Waals surface area contributed by atoms with Crippen LogP contribution in [0.1, 0.15) is 11.3 Å². The summed E-state index contributed by atoms with van der Waals surface area (Å²) < 4.78 is 0. The Kier molecular flexibility index (Phi) is 2.37. The van der Waals surface area contributed by atoms with Gasteiger partial charge in [0.2, 0.25) is 5.91 Å². The van der Waals surface area contributed by atoms with Crippen LogP contribution in [0.4, 0.5) is 0 Å². The van der Waals surface area contributed by atoms with Crippen molar-refractivity contribution in [1.29, 1.82) is 0 Å². The molecule has 1 aromatic heterocycles. The highest BCUT2D eigenvalue weighted by molar-refractivity contribution is 5.82. The highest BCUT2D eigenvalue weighted by Crippen LogP contribution is 2.14. The van der Waals surface area contributed by atoms with Gasteiger partial charge >= 0.3 is 0 Å². The summed E-state index contributed by atoms with van der Waals surface area (Å²) >= 11 is 0. The summed E-state index contributed by atoms with van der Waals surface area (Å²) in [5.41, 5.74) is 8.01. The number of fused-ring (bicyclic) bond motifs is 1. The number of carbonyl (C=O) groups excluding carboxylic acids is 1. The fraction of sp³-hybridized carbons (Fsp3) is 0.167. The maximum Gasteiger partial charge on any atom is 0.221 e.